The summed E-state index contributed by atoms with van der Waals surface area (Å²) in [5.41, 5.74) is 7.47. The average Bonchev–Trinajstić information content (AvgIpc) is 2.27. The SMILES string of the molecule is CN=C(N)c1ccc(OC)c(C)c1OC. The number of hydrogen-bond acceptors (Lipinski definition) is 3. The van der Waals surface area contributed by atoms with Gasteiger partial charge < -0.3 is 15.2 Å². The van der Waals surface area contributed by atoms with E-state index in [2.05, 4.69) is 4.99 Å². The zero-order chi connectivity index (χ0) is 11.4. The number of ether oxygens (including phenoxy) is 2. The maximum Gasteiger partial charge on any atom is 0.136 e. The Morgan fingerprint density at radius 3 is 2.40 bits per heavy atom. The molecule has 1 aromatic carbocycles. The second kappa shape index (κ2) is 4.68. The van der Waals surface area contributed by atoms with Gasteiger partial charge in [0.25, 0.3) is 0 Å². The van der Waals surface area contributed by atoms with Crippen molar-refractivity contribution < 1.29 is 9.47 Å². The molecule has 0 radical (unpaired) electrons. The molecule has 0 bridgehead atoms. The van der Waals surface area contributed by atoms with Gasteiger partial charge in [-0.1, -0.05) is 0 Å². The fourth-order valence-electron chi connectivity index (χ4n) is 1.48. The fourth-order valence-corrected chi connectivity index (χ4v) is 1.48. The lowest BCUT2D eigenvalue weighted by Crippen LogP contribution is -2.15. The number of nitrogens with zero attached hydrogens (tertiary/aromatic N) is 1. The lowest BCUT2D eigenvalue weighted by atomic mass is 10.1. The summed E-state index contributed by atoms with van der Waals surface area (Å²) in [6.07, 6.45) is 0. The van der Waals surface area contributed by atoms with Crippen LogP contribution in [0, 0.1) is 6.92 Å². The minimum Gasteiger partial charge on any atom is -0.496 e. The van der Waals surface area contributed by atoms with Crippen molar-refractivity contribution in [1.29, 1.82) is 0 Å². The lowest BCUT2D eigenvalue weighted by Gasteiger charge is -2.13. The molecular formula is C11H16N2O2. The van der Waals surface area contributed by atoms with Crippen LogP contribution in [0.5, 0.6) is 11.5 Å². The summed E-state index contributed by atoms with van der Waals surface area (Å²) in [7, 11) is 4.88. The number of benzene rings is 1. The van der Waals surface area contributed by atoms with E-state index in [1.54, 1.807) is 21.3 Å². The predicted molar refractivity (Wildman–Crippen MR) is 60.9 cm³/mol. The van der Waals surface area contributed by atoms with Crippen LogP contribution in [0.25, 0.3) is 0 Å². The molecule has 0 atom stereocenters. The van der Waals surface area contributed by atoms with E-state index in [-0.39, 0.29) is 0 Å². The van der Waals surface area contributed by atoms with Gasteiger partial charge >= 0.3 is 0 Å². The molecule has 0 aliphatic carbocycles. The Bertz CT molecular complexity index is 386. The molecule has 0 spiro atoms. The number of rotatable bonds is 3. The third-order valence-corrected chi connectivity index (χ3v) is 2.30. The van der Waals surface area contributed by atoms with E-state index < -0.39 is 0 Å². The molecule has 4 nitrogen and oxygen atoms in total. The van der Waals surface area contributed by atoms with Crippen LogP contribution < -0.4 is 15.2 Å². The van der Waals surface area contributed by atoms with Crippen molar-refractivity contribution >= 4 is 5.84 Å². The van der Waals surface area contributed by atoms with Crippen LogP contribution in [0.15, 0.2) is 17.1 Å². The topological polar surface area (TPSA) is 56.8 Å². The Morgan fingerprint density at radius 2 is 1.93 bits per heavy atom. The first kappa shape index (κ1) is 11.4. The van der Waals surface area contributed by atoms with E-state index in [1.807, 2.05) is 19.1 Å². The molecule has 0 saturated carbocycles. The standard InChI is InChI=1S/C11H16N2O2/c1-7-9(14-3)6-5-8(10(7)15-4)11(12)13-2/h5-6H,1-4H3,(H2,12,13). The summed E-state index contributed by atoms with van der Waals surface area (Å²) in [5, 5.41) is 0. The highest BCUT2D eigenvalue weighted by Crippen LogP contribution is 2.30. The van der Waals surface area contributed by atoms with Gasteiger partial charge in [0.05, 0.1) is 19.8 Å². The van der Waals surface area contributed by atoms with Crippen LogP contribution in [-0.4, -0.2) is 27.1 Å². The van der Waals surface area contributed by atoms with Gasteiger partial charge in [-0.05, 0) is 19.1 Å². The molecule has 2 N–H and O–H groups in total. The summed E-state index contributed by atoms with van der Waals surface area (Å²) in [6.45, 7) is 1.92. The molecule has 0 aliphatic heterocycles. The van der Waals surface area contributed by atoms with Crippen LogP contribution in [0.3, 0.4) is 0 Å². The normalized spacial score (nSPS) is 11.3. The third kappa shape index (κ3) is 2.03. The molecule has 0 aliphatic rings. The number of hydrogen-bond donors (Lipinski definition) is 1. The third-order valence-electron chi connectivity index (χ3n) is 2.30. The molecule has 0 saturated heterocycles. The highest BCUT2D eigenvalue weighted by molar-refractivity contribution is 6.00. The molecule has 0 heterocycles. The van der Waals surface area contributed by atoms with Crippen molar-refractivity contribution in [2.24, 2.45) is 10.7 Å². The molecule has 4 heteroatoms. The van der Waals surface area contributed by atoms with Gasteiger partial charge in [-0.3, -0.25) is 4.99 Å². The first-order valence-electron chi connectivity index (χ1n) is 4.59. The first-order valence-corrected chi connectivity index (χ1v) is 4.59. The zero-order valence-corrected chi connectivity index (χ0v) is 9.50. The molecule has 82 valence electrons. The molecule has 15 heavy (non-hydrogen) atoms. The van der Waals surface area contributed by atoms with Crippen molar-refractivity contribution in [2.75, 3.05) is 21.3 Å². The average molecular weight is 208 g/mol. The Kier molecular flexibility index (Phi) is 3.55. The molecule has 0 unspecified atom stereocenters. The minimum absolute atomic E-state index is 0.456. The quantitative estimate of drug-likeness (QED) is 0.602. The maximum absolute atomic E-state index is 5.76. The molecule has 1 rings (SSSR count). The largest absolute Gasteiger partial charge is 0.496 e. The minimum atomic E-state index is 0.456. The van der Waals surface area contributed by atoms with E-state index in [9.17, 15) is 0 Å². The summed E-state index contributed by atoms with van der Waals surface area (Å²) in [6, 6.07) is 3.69. The van der Waals surface area contributed by atoms with Crippen molar-refractivity contribution in [3.8, 4) is 11.5 Å². The highest BCUT2D eigenvalue weighted by atomic mass is 16.5. The molecule has 1 aromatic rings. The van der Waals surface area contributed by atoms with Crippen LogP contribution in [0.2, 0.25) is 0 Å². The zero-order valence-electron chi connectivity index (χ0n) is 9.50. The monoisotopic (exact) mass is 208 g/mol. The maximum atomic E-state index is 5.76. The molecular weight excluding hydrogens is 192 g/mol. The van der Waals surface area contributed by atoms with Crippen molar-refractivity contribution in [1.82, 2.24) is 0 Å². The fraction of sp³-hybridized carbons (Fsp3) is 0.364. The van der Waals surface area contributed by atoms with Gasteiger partial charge in [-0.2, -0.15) is 0 Å². The predicted octanol–water partition coefficient (Wildman–Crippen LogP) is 1.35. The van der Waals surface area contributed by atoms with Crippen LogP contribution in [-0.2, 0) is 0 Å². The van der Waals surface area contributed by atoms with E-state index in [4.69, 9.17) is 15.2 Å². The number of amidine groups is 1. The van der Waals surface area contributed by atoms with Gasteiger partial charge in [-0.15, -0.1) is 0 Å². The second-order valence-corrected chi connectivity index (χ2v) is 3.08. The number of nitrogens with two attached hydrogens (primary N) is 1. The van der Waals surface area contributed by atoms with Crippen LogP contribution in [0.1, 0.15) is 11.1 Å². The van der Waals surface area contributed by atoms with E-state index in [1.165, 1.54) is 0 Å². The van der Waals surface area contributed by atoms with Crippen LogP contribution >= 0.6 is 0 Å². The summed E-state index contributed by atoms with van der Waals surface area (Å²) in [4.78, 5) is 3.94. The van der Waals surface area contributed by atoms with Gasteiger partial charge in [-0.25, -0.2) is 0 Å². The number of aliphatic imine (C=N–C) groups is 1. The first-order chi connectivity index (χ1) is 7.15. The molecule has 0 aromatic heterocycles. The van der Waals surface area contributed by atoms with Gasteiger partial charge in [0.2, 0.25) is 0 Å². The van der Waals surface area contributed by atoms with Crippen molar-refractivity contribution in [3.05, 3.63) is 23.3 Å². The summed E-state index contributed by atoms with van der Waals surface area (Å²) < 4.78 is 10.5. The number of methoxy groups -OCH3 is 2. The Balaban J connectivity index is 3.37. The smallest absolute Gasteiger partial charge is 0.136 e. The van der Waals surface area contributed by atoms with Crippen molar-refractivity contribution in [2.45, 2.75) is 6.92 Å². The summed E-state index contributed by atoms with van der Waals surface area (Å²) in [5.74, 6) is 1.94. The lowest BCUT2D eigenvalue weighted by molar-refractivity contribution is 0.388. The van der Waals surface area contributed by atoms with Gasteiger partial charge in [0.15, 0.2) is 0 Å². The second-order valence-electron chi connectivity index (χ2n) is 3.08. The Labute approximate surface area is 89.7 Å². The van der Waals surface area contributed by atoms with E-state index >= 15 is 0 Å². The highest BCUT2D eigenvalue weighted by Gasteiger charge is 2.12. The van der Waals surface area contributed by atoms with Crippen molar-refractivity contribution in [3.63, 3.8) is 0 Å². The molecule has 0 fully saturated rings. The van der Waals surface area contributed by atoms with E-state index in [0.717, 1.165) is 16.9 Å². The Morgan fingerprint density at radius 1 is 1.27 bits per heavy atom. The Hall–Kier alpha value is -1.71. The van der Waals surface area contributed by atoms with Gasteiger partial charge in [0.1, 0.15) is 17.3 Å². The molecule has 0 amide bonds. The van der Waals surface area contributed by atoms with Crippen LogP contribution in [0.4, 0.5) is 0 Å². The summed E-state index contributed by atoms with van der Waals surface area (Å²) >= 11 is 0. The van der Waals surface area contributed by atoms with E-state index in [0.29, 0.717) is 11.6 Å². The van der Waals surface area contributed by atoms with Gasteiger partial charge in [0, 0.05) is 12.6 Å².